The van der Waals surface area contributed by atoms with Gasteiger partial charge in [-0.2, -0.15) is 0 Å². The van der Waals surface area contributed by atoms with Gasteiger partial charge in [0.05, 0.1) is 0 Å². The fourth-order valence-electron chi connectivity index (χ4n) is 2.78. The molecule has 20 heavy (non-hydrogen) atoms. The molecule has 1 aromatic carbocycles. The Labute approximate surface area is 134 Å². The number of nitrogens with two attached hydrogens (primary N) is 1. The van der Waals surface area contributed by atoms with Crippen LogP contribution in [0.5, 0.6) is 0 Å². The third-order valence-electron chi connectivity index (χ3n) is 3.96. The molecule has 1 aromatic rings. The van der Waals surface area contributed by atoms with Crippen molar-refractivity contribution >= 4 is 27.5 Å². The average molecular weight is 362 g/mol. The van der Waals surface area contributed by atoms with Crippen molar-refractivity contribution in [1.82, 2.24) is 4.90 Å². The van der Waals surface area contributed by atoms with Gasteiger partial charge in [0, 0.05) is 41.8 Å². The van der Waals surface area contributed by atoms with Crippen molar-refractivity contribution in [1.29, 1.82) is 0 Å². The second-order valence-electron chi connectivity index (χ2n) is 5.41. The van der Waals surface area contributed by atoms with Crippen LogP contribution in [0.2, 0.25) is 5.02 Å². The van der Waals surface area contributed by atoms with Crippen LogP contribution in [0.25, 0.3) is 0 Å². The molecule has 0 bridgehead atoms. The van der Waals surface area contributed by atoms with E-state index in [0.29, 0.717) is 12.5 Å². The molecule has 1 atom stereocenters. The average Bonchev–Trinajstić information content (AvgIpc) is 2.43. The highest BCUT2D eigenvalue weighted by molar-refractivity contribution is 9.10. The zero-order valence-electron chi connectivity index (χ0n) is 11.8. The third kappa shape index (κ3) is 4.18. The molecule has 1 saturated heterocycles. The first-order valence-corrected chi connectivity index (χ1v) is 8.22. The van der Waals surface area contributed by atoms with Crippen LogP contribution in [0, 0.1) is 5.92 Å². The lowest BCUT2D eigenvalue weighted by Crippen LogP contribution is -2.36. The molecule has 2 rings (SSSR count). The fourth-order valence-corrected chi connectivity index (χ4v) is 3.73. The van der Waals surface area contributed by atoms with Crippen LogP contribution >= 0.6 is 27.5 Å². The summed E-state index contributed by atoms with van der Waals surface area (Å²) >= 11 is 9.61. The molecular weight excluding hydrogens is 340 g/mol. The molecule has 0 amide bonds. The molecule has 5 heteroatoms. The minimum atomic E-state index is 0.212. The van der Waals surface area contributed by atoms with E-state index >= 15 is 0 Å². The molecule has 2 N–H and O–H groups in total. The Hall–Kier alpha value is -0.130. The molecule has 0 saturated carbocycles. The number of hydrogen-bond donors (Lipinski definition) is 1. The molecule has 1 aliphatic rings. The first-order valence-electron chi connectivity index (χ1n) is 7.04. The maximum atomic E-state index is 6.01. The monoisotopic (exact) mass is 360 g/mol. The predicted octanol–water partition coefficient (Wildman–Crippen LogP) is 3.46. The van der Waals surface area contributed by atoms with Gasteiger partial charge in [0.1, 0.15) is 0 Å². The summed E-state index contributed by atoms with van der Waals surface area (Å²) in [4.78, 5) is 2.35. The van der Waals surface area contributed by atoms with Crippen LogP contribution in [0.1, 0.15) is 24.4 Å². The fraction of sp³-hybridized carbons (Fsp3) is 0.600. The van der Waals surface area contributed by atoms with E-state index in [0.717, 1.165) is 42.1 Å². The first-order chi connectivity index (χ1) is 9.61. The van der Waals surface area contributed by atoms with Gasteiger partial charge >= 0.3 is 0 Å². The van der Waals surface area contributed by atoms with Crippen molar-refractivity contribution in [2.75, 3.05) is 33.4 Å². The molecule has 112 valence electrons. The van der Waals surface area contributed by atoms with Crippen LogP contribution in [-0.4, -0.2) is 38.3 Å². The zero-order valence-corrected chi connectivity index (χ0v) is 14.2. The van der Waals surface area contributed by atoms with Gasteiger partial charge in [-0.3, -0.25) is 4.90 Å². The summed E-state index contributed by atoms with van der Waals surface area (Å²) in [5, 5.41) is 0.739. The Morgan fingerprint density at radius 1 is 1.45 bits per heavy atom. The summed E-state index contributed by atoms with van der Waals surface area (Å²) < 4.78 is 6.45. The minimum absolute atomic E-state index is 0.212. The first kappa shape index (κ1) is 16.2. The van der Waals surface area contributed by atoms with E-state index in [2.05, 4.69) is 33.9 Å². The Balaban J connectivity index is 2.06. The smallest absolute Gasteiger partial charge is 0.0478 e. The lowest BCUT2D eigenvalue weighted by Gasteiger charge is -2.33. The number of hydrogen-bond acceptors (Lipinski definition) is 3. The van der Waals surface area contributed by atoms with Crippen LogP contribution in [0.15, 0.2) is 22.7 Å². The second-order valence-corrected chi connectivity index (χ2v) is 6.70. The number of rotatable bonds is 5. The second kappa shape index (κ2) is 7.76. The van der Waals surface area contributed by atoms with E-state index in [4.69, 9.17) is 22.1 Å². The maximum absolute atomic E-state index is 6.01. The summed E-state index contributed by atoms with van der Waals surface area (Å²) in [7, 11) is 2.15. The number of halogens is 2. The lowest BCUT2D eigenvalue weighted by atomic mass is 9.98. The van der Waals surface area contributed by atoms with E-state index < -0.39 is 0 Å². The third-order valence-corrected chi connectivity index (χ3v) is 4.89. The highest BCUT2D eigenvalue weighted by Gasteiger charge is 2.22. The van der Waals surface area contributed by atoms with Gasteiger partial charge in [-0.05, 0) is 43.5 Å². The standard InChI is InChI=1S/C15H22BrClN2O/c1-19(10-11-4-6-20-7-5-11)15(9-18)13-3-2-12(17)8-14(13)16/h2-3,8,11,15H,4-7,9-10,18H2,1H3. The van der Waals surface area contributed by atoms with Crippen LogP contribution in [0.3, 0.4) is 0 Å². The Kier molecular flexibility index (Phi) is 6.30. The largest absolute Gasteiger partial charge is 0.381 e. The Morgan fingerprint density at radius 3 is 2.75 bits per heavy atom. The summed E-state index contributed by atoms with van der Waals surface area (Å²) in [6, 6.07) is 6.13. The quantitative estimate of drug-likeness (QED) is 0.873. The van der Waals surface area contributed by atoms with E-state index in [1.54, 1.807) is 0 Å². The summed E-state index contributed by atoms with van der Waals surface area (Å²) in [5.41, 5.74) is 7.20. The van der Waals surface area contributed by atoms with Crippen LogP contribution < -0.4 is 5.73 Å². The summed E-state index contributed by atoms with van der Waals surface area (Å²) in [6.07, 6.45) is 2.28. The molecule has 1 heterocycles. The normalized spacial score (nSPS) is 18.4. The molecular formula is C15H22BrClN2O. The Bertz CT molecular complexity index is 438. The minimum Gasteiger partial charge on any atom is -0.381 e. The topological polar surface area (TPSA) is 38.5 Å². The number of nitrogens with zero attached hydrogens (tertiary/aromatic N) is 1. The van der Waals surface area contributed by atoms with Crippen molar-refractivity contribution in [2.45, 2.75) is 18.9 Å². The number of benzene rings is 1. The van der Waals surface area contributed by atoms with E-state index in [-0.39, 0.29) is 6.04 Å². The molecule has 1 unspecified atom stereocenters. The van der Waals surface area contributed by atoms with Gasteiger partial charge < -0.3 is 10.5 Å². The highest BCUT2D eigenvalue weighted by atomic mass is 79.9. The van der Waals surface area contributed by atoms with E-state index in [1.165, 1.54) is 5.56 Å². The highest BCUT2D eigenvalue weighted by Crippen LogP contribution is 2.30. The van der Waals surface area contributed by atoms with E-state index in [1.807, 2.05) is 12.1 Å². The molecule has 0 spiro atoms. The van der Waals surface area contributed by atoms with Gasteiger partial charge in [0.15, 0.2) is 0 Å². The van der Waals surface area contributed by atoms with Crippen LogP contribution in [-0.2, 0) is 4.74 Å². The molecule has 3 nitrogen and oxygen atoms in total. The molecule has 1 fully saturated rings. The van der Waals surface area contributed by atoms with Crippen molar-refractivity contribution in [2.24, 2.45) is 11.7 Å². The van der Waals surface area contributed by atoms with E-state index in [9.17, 15) is 0 Å². The van der Waals surface area contributed by atoms with Gasteiger partial charge in [-0.1, -0.05) is 33.6 Å². The number of likely N-dealkylation sites (N-methyl/N-ethyl adjacent to an activating group) is 1. The van der Waals surface area contributed by atoms with Crippen molar-refractivity contribution < 1.29 is 4.74 Å². The van der Waals surface area contributed by atoms with Crippen molar-refractivity contribution in [3.63, 3.8) is 0 Å². The van der Waals surface area contributed by atoms with Gasteiger partial charge in [-0.15, -0.1) is 0 Å². The summed E-state index contributed by atoms with van der Waals surface area (Å²) in [6.45, 7) is 3.42. The van der Waals surface area contributed by atoms with Crippen LogP contribution in [0.4, 0.5) is 0 Å². The summed E-state index contributed by atoms with van der Waals surface area (Å²) in [5.74, 6) is 0.703. The predicted molar refractivity (Wildman–Crippen MR) is 87.1 cm³/mol. The lowest BCUT2D eigenvalue weighted by molar-refractivity contribution is 0.0507. The zero-order chi connectivity index (χ0) is 14.5. The Morgan fingerprint density at radius 2 is 2.15 bits per heavy atom. The van der Waals surface area contributed by atoms with Crippen molar-refractivity contribution in [3.05, 3.63) is 33.3 Å². The molecule has 0 aliphatic carbocycles. The number of ether oxygens (including phenoxy) is 1. The maximum Gasteiger partial charge on any atom is 0.0478 e. The van der Waals surface area contributed by atoms with Gasteiger partial charge in [0.2, 0.25) is 0 Å². The SMILES string of the molecule is CN(CC1CCOCC1)C(CN)c1ccc(Cl)cc1Br. The molecule has 0 aromatic heterocycles. The molecule has 1 aliphatic heterocycles. The van der Waals surface area contributed by atoms with Gasteiger partial charge in [-0.25, -0.2) is 0 Å². The molecule has 0 radical (unpaired) electrons. The van der Waals surface area contributed by atoms with Crippen molar-refractivity contribution in [3.8, 4) is 0 Å². The van der Waals surface area contributed by atoms with Gasteiger partial charge in [0.25, 0.3) is 0 Å².